The van der Waals surface area contributed by atoms with Crippen LogP contribution in [0.5, 0.6) is 11.5 Å². The van der Waals surface area contributed by atoms with Crippen LogP contribution >= 0.6 is 11.6 Å². The summed E-state index contributed by atoms with van der Waals surface area (Å²) in [5.74, 6) is -0.546. The summed E-state index contributed by atoms with van der Waals surface area (Å²) in [6.45, 7) is 2.96. The van der Waals surface area contributed by atoms with Gasteiger partial charge in [-0.15, -0.1) is 0 Å². The number of nitrogens with zero attached hydrogens (tertiary/aromatic N) is 3. The molecule has 2 aliphatic rings. The van der Waals surface area contributed by atoms with Crippen LogP contribution in [0.3, 0.4) is 0 Å². The van der Waals surface area contributed by atoms with Crippen LogP contribution in [-0.2, 0) is 15.1 Å². The van der Waals surface area contributed by atoms with Gasteiger partial charge < -0.3 is 9.64 Å². The van der Waals surface area contributed by atoms with Gasteiger partial charge in [-0.1, -0.05) is 41.9 Å². The van der Waals surface area contributed by atoms with Gasteiger partial charge in [0.15, 0.2) is 0 Å². The van der Waals surface area contributed by atoms with Crippen molar-refractivity contribution in [3.8, 4) is 11.5 Å². The number of amides is 5. The van der Waals surface area contributed by atoms with Crippen molar-refractivity contribution in [2.45, 2.75) is 18.9 Å². The first kappa shape index (κ1) is 26.3. The van der Waals surface area contributed by atoms with Crippen molar-refractivity contribution in [1.29, 1.82) is 0 Å². The van der Waals surface area contributed by atoms with Crippen LogP contribution in [-0.4, -0.2) is 64.7 Å². The average Bonchev–Trinajstić information content (AvgIpc) is 3.16. The zero-order chi connectivity index (χ0) is 27.6. The number of imide groups is 2. The monoisotopic (exact) mass is 547 g/mol. The second-order valence-electron chi connectivity index (χ2n) is 9.34. The molecule has 0 unspecified atom stereocenters. The van der Waals surface area contributed by atoms with E-state index in [0.717, 1.165) is 0 Å². The van der Waals surface area contributed by atoms with E-state index in [-0.39, 0.29) is 24.1 Å². The molecule has 0 saturated carbocycles. The Morgan fingerprint density at radius 2 is 1.56 bits per heavy atom. The molecule has 3 aromatic rings. The van der Waals surface area contributed by atoms with Gasteiger partial charge in [-0.05, 0) is 55.3 Å². The molecule has 5 rings (SSSR count). The first-order valence-corrected chi connectivity index (χ1v) is 12.8. The molecule has 5 amide bonds. The van der Waals surface area contributed by atoms with Gasteiger partial charge in [0.25, 0.3) is 17.7 Å². The van der Waals surface area contributed by atoms with E-state index in [2.05, 4.69) is 15.6 Å². The van der Waals surface area contributed by atoms with Gasteiger partial charge >= 0.3 is 6.03 Å². The van der Waals surface area contributed by atoms with Crippen molar-refractivity contribution in [2.24, 2.45) is 0 Å². The minimum atomic E-state index is -1.81. The van der Waals surface area contributed by atoms with Crippen molar-refractivity contribution in [3.63, 3.8) is 0 Å². The van der Waals surface area contributed by atoms with E-state index < -0.39 is 23.4 Å². The van der Waals surface area contributed by atoms with E-state index in [1.54, 1.807) is 47.1 Å². The molecule has 2 aromatic carbocycles. The van der Waals surface area contributed by atoms with Gasteiger partial charge in [0.2, 0.25) is 5.54 Å². The van der Waals surface area contributed by atoms with Crippen molar-refractivity contribution in [3.05, 3.63) is 88.7 Å². The highest BCUT2D eigenvalue weighted by Crippen LogP contribution is 2.34. The van der Waals surface area contributed by atoms with Gasteiger partial charge in [-0.25, -0.2) is 9.78 Å². The lowest BCUT2D eigenvalue weighted by Crippen LogP contribution is -2.71. The summed E-state index contributed by atoms with van der Waals surface area (Å²) in [6.07, 6.45) is 0.495. The van der Waals surface area contributed by atoms with Crippen LogP contribution in [0.1, 0.15) is 28.0 Å². The van der Waals surface area contributed by atoms with Crippen LogP contribution in [0.2, 0.25) is 5.15 Å². The number of para-hydroxylation sites is 1. The summed E-state index contributed by atoms with van der Waals surface area (Å²) in [5.41, 5.74) is -0.388. The van der Waals surface area contributed by atoms with E-state index in [1.807, 2.05) is 30.3 Å². The number of carbonyl (C=O) groups excluding carboxylic acids is 4. The summed E-state index contributed by atoms with van der Waals surface area (Å²) in [7, 11) is 0. The number of benzene rings is 2. The first-order chi connectivity index (χ1) is 18.8. The third-order valence-electron chi connectivity index (χ3n) is 6.79. The number of carbonyl (C=O) groups is 4. The van der Waals surface area contributed by atoms with Gasteiger partial charge in [0.05, 0.1) is 0 Å². The van der Waals surface area contributed by atoms with E-state index in [0.29, 0.717) is 47.8 Å². The highest BCUT2D eigenvalue weighted by Gasteiger charge is 2.56. The highest BCUT2D eigenvalue weighted by molar-refractivity contribution is 6.29. The number of hydrogen-bond donors (Lipinski definition) is 2. The van der Waals surface area contributed by atoms with Crippen LogP contribution in [0, 0.1) is 6.92 Å². The van der Waals surface area contributed by atoms with E-state index in [4.69, 9.17) is 16.3 Å². The Morgan fingerprint density at radius 1 is 0.897 bits per heavy atom. The predicted molar refractivity (Wildman–Crippen MR) is 142 cm³/mol. The summed E-state index contributed by atoms with van der Waals surface area (Å²) >= 11 is 6.06. The molecule has 39 heavy (non-hydrogen) atoms. The van der Waals surface area contributed by atoms with Gasteiger partial charge in [0.1, 0.15) is 16.7 Å². The molecule has 0 bridgehead atoms. The Morgan fingerprint density at radius 3 is 2.23 bits per heavy atom. The summed E-state index contributed by atoms with van der Waals surface area (Å²) in [4.78, 5) is 59.7. The van der Waals surface area contributed by atoms with Crippen LogP contribution < -0.4 is 15.4 Å². The Balaban J connectivity index is 1.43. The summed E-state index contributed by atoms with van der Waals surface area (Å²) in [5, 5.41) is 4.75. The Kier molecular flexibility index (Phi) is 7.32. The van der Waals surface area contributed by atoms with Crippen molar-refractivity contribution in [1.82, 2.24) is 25.4 Å². The SMILES string of the molecule is Cc1cc(C(=O)N2CCCN(C3(c4ccc(Oc5ccccc5)cc4)C(=O)NC(=O)NC3=O)CC2)cc(Cl)n1. The molecule has 10 nitrogen and oxygen atoms in total. The van der Waals surface area contributed by atoms with Crippen LogP contribution in [0.25, 0.3) is 0 Å². The maximum Gasteiger partial charge on any atom is 0.328 e. The number of rotatable bonds is 5. The number of nitrogens with one attached hydrogen (secondary N) is 2. The first-order valence-electron chi connectivity index (χ1n) is 12.5. The topological polar surface area (TPSA) is 121 Å². The molecule has 1 aromatic heterocycles. The smallest absolute Gasteiger partial charge is 0.328 e. The molecule has 0 atom stereocenters. The van der Waals surface area contributed by atoms with Gasteiger partial charge in [-0.2, -0.15) is 0 Å². The lowest BCUT2D eigenvalue weighted by atomic mass is 9.84. The number of barbiturate groups is 1. The lowest BCUT2D eigenvalue weighted by Gasteiger charge is -2.42. The highest BCUT2D eigenvalue weighted by atomic mass is 35.5. The molecule has 0 spiro atoms. The number of ether oxygens (including phenoxy) is 1. The Bertz CT molecular complexity index is 1390. The van der Waals surface area contributed by atoms with E-state index in [9.17, 15) is 19.2 Å². The second-order valence-corrected chi connectivity index (χ2v) is 9.73. The summed E-state index contributed by atoms with van der Waals surface area (Å²) < 4.78 is 5.86. The number of aryl methyl sites for hydroxylation is 1. The molecule has 2 aliphatic heterocycles. The number of halogens is 1. The standard InChI is InChI=1S/C28H26ClN5O5/c1-18-16-19(17-23(29)30-18)24(35)33-12-5-13-34(15-14-33)28(25(36)31-27(38)32-26(28)37)20-8-10-22(11-9-20)39-21-6-3-2-4-7-21/h2-4,6-11,16-17H,5,12-15H2,1H3,(H2,31,32,36,37,38). The fraction of sp³-hybridized carbons (Fsp3) is 0.250. The fourth-order valence-electron chi connectivity index (χ4n) is 5.03. The average molecular weight is 548 g/mol. The number of urea groups is 1. The van der Waals surface area contributed by atoms with Crippen molar-refractivity contribution < 1.29 is 23.9 Å². The number of aromatic nitrogens is 1. The number of hydrogen-bond acceptors (Lipinski definition) is 7. The third-order valence-corrected chi connectivity index (χ3v) is 6.98. The normalized spacial score (nSPS) is 17.7. The molecule has 2 N–H and O–H groups in total. The number of pyridine rings is 1. The Labute approximate surface area is 229 Å². The molecule has 0 radical (unpaired) electrons. The largest absolute Gasteiger partial charge is 0.457 e. The fourth-order valence-corrected chi connectivity index (χ4v) is 5.28. The lowest BCUT2D eigenvalue weighted by molar-refractivity contribution is -0.148. The molecule has 11 heteroatoms. The second kappa shape index (κ2) is 10.8. The zero-order valence-corrected chi connectivity index (χ0v) is 21.9. The summed E-state index contributed by atoms with van der Waals surface area (Å²) in [6, 6.07) is 18.2. The van der Waals surface area contributed by atoms with Crippen molar-refractivity contribution in [2.75, 3.05) is 26.2 Å². The predicted octanol–water partition coefficient (Wildman–Crippen LogP) is 3.25. The maximum absolute atomic E-state index is 13.5. The molecular weight excluding hydrogens is 522 g/mol. The van der Waals surface area contributed by atoms with Crippen molar-refractivity contribution >= 4 is 35.4 Å². The zero-order valence-electron chi connectivity index (χ0n) is 21.1. The Hall–Kier alpha value is -4.28. The minimum absolute atomic E-state index is 0.209. The molecule has 2 fully saturated rings. The van der Waals surface area contributed by atoms with E-state index >= 15 is 0 Å². The molecular formula is C28H26ClN5O5. The van der Waals surface area contributed by atoms with E-state index in [1.165, 1.54) is 6.07 Å². The van der Waals surface area contributed by atoms with Crippen LogP contribution in [0.4, 0.5) is 4.79 Å². The minimum Gasteiger partial charge on any atom is -0.457 e. The molecule has 2 saturated heterocycles. The molecule has 200 valence electrons. The third kappa shape index (κ3) is 5.21. The molecule has 0 aliphatic carbocycles. The molecule has 3 heterocycles. The van der Waals surface area contributed by atoms with Gasteiger partial charge in [0, 0.05) is 37.4 Å². The van der Waals surface area contributed by atoms with Crippen LogP contribution in [0.15, 0.2) is 66.7 Å². The quantitative estimate of drug-likeness (QED) is 0.371. The maximum atomic E-state index is 13.5. The van der Waals surface area contributed by atoms with Gasteiger partial charge in [-0.3, -0.25) is 29.9 Å².